The number of fused-ring (bicyclic) bond motifs is 1. The van der Waals surface area contributed by atoms with Gasteiger partial charge in [-0.3, -0.25) is 0 Å². The summed E-state index contributed by atoms with van der Waals surface area (Å²) in [6, 6.07) is 8.74. The van der Waals surface area contributed by atoms with E-state index in [2.05, 4.69) is 49.7 Å². The van der Waals surface area contributed by atoms with Crippen LogP contribution in [0.3, 0.4) is 0 Å². The van der Waals surface area contributed by atoms with Gasteiger partial charge in [0.1, 0.15) is 0 Å². The Balaban J connectivity index is 2.25. The fourth-order valence-electron chi connectivity index (χ4n) is 2.80. The molecule has 17 heavy (non-hydrogen) atoms. The molecule has 3 rings (SSSR count). The molecule has 1 atom stereocenters. The van der Waals surface area contributed by atoms with Crippen molar-refractivity contribution in [1.82, 2.24) is 4.57 Å². The zero-order valence-electron chi connectivity index (χ0n) is 10.8. The van der Waals surface area contributed by atoms with Crippen molar-refractivity contribution in [3.63, 3.8) is 0 Å². The van der Waals surface area contributed by atoms with Crippen molar-refractivity contribution in [3.8, 4) is 0 Å². The molecule has 2 N–H and O–H groups in total. The maximum atomic E-state index is 6.50. The first-order valence-electron chi connectivity index (χ1n) is 6.34. The number of aryl methyl sites for hydroxylation is 1. The molecule has 1 saturated carbocycles. The van der Waals surface area contributed by atoms with E-state index in [0.29, 0.717) is 5.41 Å². The number of nitrogens with zero attached hydrogens (tertiary/aromatic N) is 1. The predicted octanol–water partition coefficient (Wildman–Crippen LogP) is 3.29. The topological polar surface area (TPSA) is 30.9 Å². The molecule has 1 aromatic carbocycles. The van der Waals surface area contributed by atoms with Crippen molar-refractivity contribution >= 4 is 10.9 Å². The quantitative estimate of drug-likeness (QED) is 0.840. The zero-order chi connectivity index (χ0) is 12.2. The molecule has 2 aromatic rings. The van der Waals surface area contributed by atoms with Crippen LogP contribution in [-0.4, -0.2) is 4.57 Å². The minimum Gasteiger partial charge on any atom is -0.348 e. The second-order valence-electron chi connectivity index (χ2n) is 5.71. The SMILES string of the molecule is Cc1c(C(N)C2(C)CC2)c2ccccc2n1C. The van der Waals surface area contributed by atoms with Gasteiger partial charge in [0.15, 0.2) is 0 Å². The van der Waals surface area contributed by atoms with Crippen LogP contribution in [0, 0.1) is 12.3 Å². The standard InChI is InChI=1S/C15H20N2/c1-10-13(14(16)15(2)8-9-15)11-6-4-5-7-12(11)17(10)3/h4-7,14H,8-9,16H2,1-3H3. The molecule has 1 heterocycles. The minimum atomic E-state index is 0.175. The van der Waals surface area contributed by atoms with E-state index < -0.39 is 0 Å². The van der Waals surface area contributed by atoms with Gasteiger partial charge in [-0.25, -0.2) is 0 Å². The van der Waals surface area contributed by atoms with Crippen LogP contribution in [0.1, 0.15) is 37.1 Å². The number of nitrogens with two attached hydrogens (primary N) is 1. The van der Waals surface area contributed by atoms with E-state index in [1.54, 1.807) is 0 Å². The summed E-state index contributed by atoms with van der Waals surface area (Å²) in [7, 11) is 2.13. The molecule has 2 nitrogen and oxygen atoms in total. The maximum Gasteiger partial charge on any atom is 0.0483 e. The van der Waals surface area contributed by atoms with E-state index >= 15 is 0 Å². The number of rotatable bonds is 2. The van der Waals surface area contributed by atoms with Crippen molar-refractivity contribution in [1.29, 1.82) is 0 Å². The summed E-state index contributed by atoms with van der Waals surface area (Å²) in [6.07, 6.45) is 2.52. The molecule has 1 aliphatic carbocycles. The molecule has 1 aliphatic rings. The first kappa shape index (κ1) is 10.8. The Hall–Kier alpha value is -1.28. The third kappa shape index (κ3) is 1.44. The Kier molecular flexibility index (Phi) is 2.14. The normalized spacial score (nSPS) is 19.5. The maximum absolute atomic E-state index is 6.50. The Bertz CT molecular complexity index is 576. The fraction of sp³-hybridized carbons (Fsp3) is 0.467. The number of benzene rings is 1. The molecule has 1 unspecified atom stereocenters. The molecule has 0 saturated heterocycles. The van der Waals surface area contributed by atoms with E-state index in [1.807, 2.05) is 0 Å². The van der Waals surface area contributed by atoms with Gasteiger partial charge in [0.25, 0.3) is 0 Å². The Morgan fingerprint density at radius 3 is 2.59 bits per heavy atom. The summed E-state index contributed by atoms with van der Waals surface area (Å²) in [5.74, 6) is 0. The second-order valence-corrected chi connectivity index (χ2v) is 5.71. The second kappa shape index (κ2) is 3.36. The van der Waals surface area contributed by atoms with E-state index in [0.717, 1.165) is 0 Å². The molecule has 0 bridgehead atoms. The molecule has 0 radical (unpaired) electrons. The lowest BCUT2D eigenvalue weighted by Crippen LogP contribution is -2.20. The summed E-state index contributed by atoms with van der Waals surface area (Å²) < 4.78 is 2.26. The van der Waals surface area contributed by atoms with E-state index in [1.165, 1.54) is 35.0 Å². The first-order chi connectivity index (χ1) is 8.04. The highest BCUT2D eigenvalue weighted by atomic mass is 15.0. The molecule has 0 spiro atoms. The largest absolute Gasteiger partial charge is 0.348 e. The summed E-state index contributed by atoms with van der Waals surface area (Å²) in [6.45, 7) is 4.49. The Morgan fingerprint density at radius 2 is 1.94 bits per heavy atom. The molecule has 1 fully saturated rings. The van der Waals surface area contributed by atoms with Crippen LogP contribution in [-0.2, 0) is 7.05 Å². The molecule has 0 amide bonds. The molecule has 2 heteroatoms. The smallest absolute Gasteiger partial charge is 0.0483 e. The monoisotopic (exact) mass is 228 g/mol. The van der Waals surface area contributed by atoms with Gasteiger partial charge < -0.3 is 10.3 Å². The Labute approximate surface area is 102 Å². The fourth-order valence-corrected chi connectivity index (χ4v) is 2.80. The summed E-state index contributed by atoms with van der Waals surface area (Å²) in [5.41, 5.74) is 10.8. The third-order valence-corrected chi connectivity index (χ3v) is 4.55. The molecule has 0 aliphatic heterocycles. The van der Waals surface area contributed by atoms with Gasteiger partial charge in [-0.15, -0.1) is 0 Å². The van der Waals surface area contributed by atoms with Crippen molar-refractivity contribution in [2.45, 2.75) is 32.7 Å². The van der Waals surface area contributed by atoms with Crippen molar-refractivity contribution in [2.24, 2.45) is 18.2 Å². The van der Waals surface area contributed by atoms with Gasteiger partial charge in [0, 0.05) is 29.7 Å². The van der Waals surface area contributed by atoms with Gasteiger partial charge in [-0.05, 0) is 36.8 Å². The van der Waals surface area contributed by atoms with E-state index in [-0.39, 0.29) is 6.04 Å². The van der Waals surface area contributed by atoms with Crippen LogP contribution in [0.5, 0.6) is 0 Å². The molecule has 90 valence electrons. The van der Waals surface area contributed by atoms with Crippen LogP contribution in [0.4, 0.5) is 0 Å². The highest BCUT2D eigenvalue weighted by Crippen LogP contribution is 2.54. The van der Waals surface area contributed by atoms with Gasteiger partial charge in [-0.1, -0.05) is 25.1 Å². The average Bonchev–Trinajstić information content (AvgIpc) is 3.03. The van der Waals surface area contributed by atoms with E-state index in [4.69, 9.17) is 5.73 Å². The van der Waals surface area contributed by atoms with Gasteiger partial charge in [-0.2, -0.15) is 0 Å². The molecular weight excluding hydrogens is 208 g/mol. The van der Waals surface area contributed by atoms with Crippen LogP contribution < -0.4 is 5.73 Å². The average molecular weight is 228 g/mol. The predicted molar refractivity (Wildman–Crippen MR) is 71.9 cm³/mol. The van der Waals surface area contributed by atoms with Crippen molar-refractivity contribution < 1.29 is 0 Å². The van der Waals surface area contributed by atoms with Crippen molar-refractivity contribution in [2.75, 3.05) is 0 Å². The molecule has 1 aromatic heterocycles. The number of hydrogen-bond acceptors (Lipinski definition) is 1. The number of hydrogen-bond donors (Lipinski definition) is 1. The highest BCUT2D eigenvalue weighted by molar-refractivity contribution is 5.86. The third-order valence-electron chi connectivity index (χ3n) is 4.55. The van der Waals surface area contributed by atoms with Gasteiger partial charge >= 0.3 is 0 Å². The zero-order valence-corrected chi connectivity index (χ0v) is 10.8. The Morgan fingerprint density at radius 1 is 1.29 bits per heavy atom. The minimum absolute atomic E-state index is 0.175. The number of aromatic nitrogens is 1. The van der Waals surface area contributed by atoms with Crippen molar-refractivity contribution in [3.05, 3.63) is 35.5 Å². The lowest BCUT2D eigenvalue weighted by Gasteiger charge is -2.19. The van der Waals surface area contributed by atoms with E-state index in [9.17, 15) is 0 Å². The van der Waals surface area contributed by atoms with Crippen LogP contribution in [0.25, 0.3) is 10.9 Å². The summed E-state index contributed by atoms with van der Waals surface area (Å²) in [4.78, 5) is 0. The van der Waals surface area contributed by atoms with Gasteiger partial charge in [0.05, 0.1) is 0 Å². The molecular formula is C15H20N2. The highest BCUT2D eigenvalue weighted by Gasteiger charge is 2.45. The van der Waals surface area contributed by atoms with Crippen LogP contribution >= 0.6 is 0 Å². The lowest BCUT2D eigenvalue weighted by atomic mass is 9.91. The van der Waals surface area contributed by atoms with Crippen LogP contribution in [0.2, 0.25) is 0 Å². The lowest BCUT2D eigenvalue weighted by molar-refractivity contribution is 0.451. The summed E-state index contributed by atoms with van der Waals surface area (Å²) in [5, 5.41) is 1.33. The van der Waals surface area contributed by atoms with Crippen LogP contribution in [0.15, 0.2) is 24.3 Å². The number of para-hydroxylation sites is 1. The summed E-state index contributed by atoms with van der Waals surface area (Å²) >= 11 is 0. The van der Waals surface area contributed by atoms with Gasteiger partial charge in [0.2, 0.25) is 0 Å². The first-order valence-corrected chi connectivity index (χ1v) is 6.34.